The van der Waals surface area contributed by atoms with Gasteiger partial charge in [0.1, 0.15) is 6.67 Å². The lowest BCUT2D eigenvalue weighted by Gasteiger charge is -2.36. The summed E-state index contributed by atoms with van der Waals surface area (Å²) < 4.78 is 0. The van der Waals surface area contributed by atoms with Gasteiger partial charge in [0, 0.05) is 24.0 Å². The summed E-state index contributed by atoms with van der Waals surface area (Å²) >= 11 is 0. The van der Waals surface area contributed by atoms with E-state index in [0.717, 1.165) is 11.3 Å². The van der Waals surface area contributed by atoms with E-state index in [4.69, 9.17) is 0 Å². The van der Waals surface area contributed by atoms with Gasteiger partial charge in [-0.05, 0) is 18.9 Å². The summed E-state index contributed by atoms with van der Waals surface area (Å²) in [5, 5.41) is 10.4. The maximum Gasteiger partial charge on any atom is 0.110 e. The van der Waals surface area contributed by atoms with Crippen LogP contribution in [0.1, 0.15) is 26.3 Å². The second-order valence-electron chi connectivity index (χ2n) is 5.22. The fraction of sp³-hybridized carbons (Fsp3) is 0.500. The lowest BCUT2D eigenvalue weighted by Crippen LogP contribution is -2.45. The normalized spacial score (nSPS) is 18.1. The van der Waals surface area contributed by atoms with Gasteiger partial charge in [0.15, 0.2) is 0 Å². The molecule has 0 radical (unpaired) electrons. The summed E-state index contributed by atoms with van der Waals surface area (Å²) in [5.74, 6) is 0.223. The number of fused-ring (bicyclic) bond motifs is 1. The third kappa shape index (κ3) is 2.50. The lowest BCUT2D eigenvalue weighted by atomic mass is 9.91. The van der Waals surface area contributed by atoms with Crippen molar-refractivity contribution in [3.05, 3.63) is 29.8 Å². The number of anilines is 1. The van der Waals surface area contributed by atoms with Crippen LogP contribution in [0.5, 0.6) is 0 Å². The monoisotopic (exact) mass is 232 g/mol. The van der Waals surface area contributed by atoms with Crippen molar-refractivity contribution in [3.8, 4) is 0 Å². The summed E-state index contributed by atoms with van der Waals surface area (Å²) in [6.45, 7) is 7.20. The predicted octanol–water partition coefficient (Wildman–Crippen LogP) is 2.29. The zero-order chi connectivity index (χ0) is 12.5. The smallest absolute Gasteiger partial charge is 0.110 e. The molecular weight excluding hydrogens is 212 g/mol. The summed E-state index contributed by atoms with van der Waals surface area (Å²) in [4.78, 5) is 6.47. The first-order chi connectivity index (χ1) is 8.00. The van der Waals surface area contributed by atoms with Crippen molar-refractivity contribution in [2.45, 2.75) is 26.4 Å². The highest BCUT2D eigenvalue weighted by Crippen LogP contribution is 2.26. The molecule has 0 aliphatic carbocycles. The largest absolute Gasteiger partial charge is 0.388 e. The lowest BCUT2D eigenvalue weighted by molar-refractivity contribution is 0.0207. The summed E-state index contributed by atoms with van der Waals surface area (Å²) in [7, 11) is 0. The molecule has 92 valence electrons. The van der Waals surface area contributed by atoms with Gasteiger partial charge in [0.2, 0.25) is 0 Å². The minimum Gasteiger partial charge on any atom is -0.388 e. The van der Waals surface area contributed by atoms with Gasteiger partial charge in [0.05, 0.1) is 5.60 Å². The number of aliphatic imine (C=N–C) groups is 1. The van der Waals surface area contributed by atoms with Gasteiger partial charge in [-0.3, -0.25) is 4.99 Å². The van der Waals surface area contributed by atoms with Crippen LogP contribution in [0.15, 0.2) is 29.3 Å². The maximum absolute atomic E-state index is 10.4. The predicted molar refractivity (Wildman–Crippen MR) is 71.7 cm³/mol. The Bertz CT molecular complexity index is 424. The molecule has 3 nitrogen and oxygen atoms in total. The number of β-amino-alcohol motifs (C(OH)–C–C–N with tert-alkyl or cyclic N) is 1. The molecule has 0 bridgehead atoms. The molecule has 2 rings (SSSR count). The molecule has 0 fully saturated rings. The van der Waals surface area contributed by atoms with Gasteiger partial charge in [-0.1, -0.05) is 32.0 Å². The molecule has 3 heteroatoms. The molecule has 1 aliphatic heterocycles. The highest BCUT2D eigenvalue weighted by Gasteiger charge is 2.29. The van der Waals surface area contributed by atoms with Crippen LogP contribution < -0.4 is 4.90 Å². The molecule has 0 saturated carbocycles. The third-order valence-electron chi connectivity index (χ3n) is 3.51. The molecule has 1 heterocycles. The zero-order valence-electron chi connectivity index (χ0n) is 10.7. The van der Waals surface area contributed by atoms with Gasteiger partial charge < -0.3 is 10.0 Å². The van der Waals surface area contributed by atoms with Crippen LogP contribution in [0.2, 0.25) is 0 Å². The van der Waals surface area contributed by atoms with Crippen molar-refractivity contribution in [1.82, 2.24) is 0 Å². The standard InChI is InChI=1S/C14H20N2O/c1-11(2)14(3,17)9-16-10-15-8-12-6-4-5-7-13(12)16/h4-8,11,17H,9-10H2,1-3H3. The van der Waals surface area contributed by atoms with Gasteiger partial charge in [0.25, 0.3) is 0 Å². The molecule has 0 saturated heterocycles. The molecule has 0 amide bonds. The van der Waals surface area contributed by atoms with Crippen molar-refractivity contribution < 1.29 is 5.11 Å². The van der Waals surface area contributed by atoms with E-state index in [1.165, 1.54) is 0 Å². The van der Waals surface area contributed by atoms with E-state index < -0.39 is 5.60 Å². The average molecular weight is 232 g/mol. The molecule has 1 aromatic carbocycles. The SMILES string of the molecule is CC(C)C(C)(O)CN1CN=Cc2ccccc21. The van der Waals surface area contributed by atoms with Crippen molar-refractivity contribution in [2.75, 3.05) is 18.1 Å². The Morgan fingerprint density at radius 2 is 2.12 bits per heavy atom. The van der Waals surface area contributed by atoms with Crippen LogP contribution in [-0.2, 0) is 0 Å². The van der Waals surface area contributed by atoms with Crippen LogP contribution in [0.25, 0.3) is 0 Å². The Kier molecular flexibility index (Phi) is 3.20. The van der Waals surface area contributed by atoms with E-state index in [0.29, 0.717) is 13.2 Å². The Morgan fingerprint density at radius 3 is 2.82 bits per heavy atom. The minimum absolute atomic E-state index is 0.223. The van der Waals surface area contributed by atoms with Crippen molar-refractivity contribution in [2.24, 2.45) is 10.9 Å². The zero-order valence-corrected chi connectivity index (χ0v) is 10.7. The average Bonchev–Trinajstić information content (AvgIpc) is 2.29. The van der Waals surface area contributed by atoms with Gasteiger partial charge >= 0.3 is 0 Å². The van der Waals surface area contributed by atoms with Crippen LogP contribution in [0.4, 0.5) is 5.69 Å². The molecule has 1 N–H and O–H groups in total. The Balaban J connectivity index is 2.22. The Morgan fingerprint density at radius 1 is 1.41 bits per heavy atom. The van der Waals surface area contributed by atoms with E-state index >= 15 is 0 Å². The van der Waals surface area contributed by atoms with Crippen LogP contribution in [0, 0.1) is 5.92 Å². The second kappa shape index (κ2) is 4.49. The molecule has 1 atom stereocenters. The van der Waals surface area contributed by atoms with Crippen molar-refractivity contribution >= 4 is 11.9 Å². The summed E-state index contributed by atoms with van der Waals surface area (Å²) in [5.41, 5.74) is 1.58. The number of nitrogens with zero attached hydrogens (tertiary/aromatic N) is 2. The van der Waals surface area contributed by atoms with Crippen LogP contribution >= 0.6 is 0 Å². The number of rotatable bonds is 3. The Labute approximate surface area is 103 Å². The maximum atomic E-state index is 10.4. The third-order valence-corrected chi connectivity index (χ3v) is 3.51. The summed E-state index contributed by atoms with van der Waals surface area (Å²) in [6.07, 6.45) is 1.90. The number of benzene rings is 1. The Hall–Kier alpha value is -1.35. The van der Waals surface area contributed by atoms with E-state index in [1.807, 2.05) is 39.1 Å². The highest BCUT2D eigenvalue weighted by molar-refractivity contribution is 5.89. The van der Waals surface area contributed by atoms with Crippen LogP contribution in [0.3, 0.4) is 0 Å². The second-order valence-corrected chi connectivity index (χ2v) is 5.22. The highest BCUT2D eigenvalue weighted by atomic mass is 16.3. The van der Waals surface area contributed by atoms with E-state index in [9.17, 15) is 5.11 Å². The van der Waals surface area contributed by atoms with Gasteiger partial charge in [-0.25, -0.2) is 0 Å². The molecule has 17 heavy (non-hydrogen) atoms. The first kappa shape index (κ1) is 12.1. The fourth-order valence-corrected chi connectivity index (χ4v) is 1.90. The van der Waals surface area contributed by atoms with Gasteiger partial charge in [-0.15, -0.1) is 0 Å². The quantitative estimate of drug-likeness (QED) is 0.868. The topological polar surface area (TPSA) is 35.8 Å². The first-order valence-electron chi connectivity index (χ1n) is 6.07. The molecule has 0 aromatic heterocycles. The first-order valence-corrected chi connectivity index (χ1v) is 6.07. The summed E-state index contributed by atoms with van der Waals surface area (Å²) in [6, 6.07) is 8.16. The van der Waals surface area contributed by atoms with Gasteiger partial charge in [-0.2, -0.15) is 0 Å². The van der Waals surface area contributed by atoms with Crippen molar-refractivity contribution in [3.63, 3.8) is 0 Å². The number of aliphatic hydroxyl groups is 1. The molecule has 1 aliphatic rings. The van der Waals surface area contributed by atoms with Crippen molar-refractivity contribution in [1.29, 1.82) is 0 Å². The minimum atomic E-state index is -0.694. The number of hydrogen-bond acceptors (Lipinski definition) is 3. The van der Waals surface area contributed by atoms with E-state index in [2.05, 4.69) is 22.0 Å². The van der Waals surface area contributed by atoms with E-state index in [1.54, 1.807) is 0 Å². The van der Waals surface area contributed by atoms with E-state index in [-0.39, 0.29) is 5.92 Å². The molecule has 1 aromatic rings. The fourth-order valence-electron chi connectivity index (χ4n) is 1.90. The number of para-hydroxylation sites is 1. The van der Waals surface area contributed by atoms with Crippen LogP contribution in [-0.4, -0.2) is 30.1 Å². The molecule has 1 unspecified atom stereocenters. The number of hydrogen-bond donors (Lipinski definition) is 1. The molecular formula is C14H20N2O. The molecule has 0 spiro atoms.